The van der Waals surface area contributed by atoms with E-state index in [4.69, 9.17) is 40.1 Å². The minimum atomic E-state index is -1.90. The number of nitrogens with one attached hydrogen (secondary N) is 8. The first kappa shape index (κ1) is 63.4. The lowest BCUT2D eigenvalue weighted by molar-refractivity contribution is -0.144. The molecule has 2 rings (SSSR count). The first-order chi connectivity index (χ1) is 35.4. The third kappa shape index (κ3) is 22.9. The van der Waals surface area contributed by atoms with Crippen LogP contribution in [0.5, 0.6) is 0 Å². The zero-order valence-electron chi connectivity index (χ0n) is 41.8. The number of rotatable bonds is 35. The average Bonchev–Trinajstić information content (AvgIpc) is 3.75. The lowest BCUT2D eigenvalue weighted by Gasteiger charge is -2.27. The molecule has 0 bridgehead atoms. The van der Waals surface area contributed by atoms with E-state index in [1.165, 1.54) is 0 Å². The summed E-state index contributed by atoms with van der Waals surface area (Å²) in [6, 6.07) is -4.98. The molecule has 0 unspecified atom stereocenters. The van der Waals surface area contributed by atoms with Gasteiger partial charge in [-0.3, -0.25) is 53.1 Å². The molecule has 30 heteroatoms. The number of carboxylic acids is 2. The molecule has 0 spiro atoms. The number of guanidine groups is 2. The number of H-pyrrole nitrogens is 1. The van der Waals surface area contributed by atoms with Crippen molar-refractivity contribution in [2.75, 3.05) is 25.4 Å². The number of aromatic amines is 1. The van der Waals surface area contributed by atoms with Gasteiger partial charge >= 0.3 is 11.9 Å². The van der Waals surface area contributed by atoms with Gasteiger partial charge in [0.1, 0.15) is 42.3 Å². The van der Waals surface area contributed by atoms with Crippen molar-refractivity contribution < 1.29 is 58.2 Å². The van der Waals surface area contributed by atoms with E-state index < -0.39 is 120 Å². The maximum Gasteiger partial charge on any atom is 0.326 e. The Morgan fingerprint density at radius 2 is 1.03 bits per heavy atom. The summed E-state index contributed by atoms with van der Waals surface area (Å²) in [5, 5.41) is 37.4. The number of aliphatic imine (C=N–C) groups is 2. The lowest BCUT2D eigenvalue weighted by atomic mass is 10.0. The SMILES string of the molecule is CC(C)[C@H](N)C(=O)N[C@@H](CS)C(=O)N[C@@H](CCCN=C(N)N)C(=O)N[C@@H](CC(=O)O)C(=O)N[C@@H](CCCN=C(N)N)C(=O)N[C@@H](CCCCN)C(=O)N[C@@H](Cc1c[nH]c2ccccc12)C(=O)N[C@@H](CC(N)=O)C(=O)O. The van der Waals surface area contributed by atoms with E-state index in [0.717, 1.165) is 0 Å². The third-order valence-electron chi connectivity index (χ3n) is 11.3. The lowest BCUT2D eigenvalue weighted by Crippen LogP contribution is -2.60. The van der Waals surface area contributed by atoms with Crippen LogP contribution in [0.3, 0.4) is 0 Å². The van der Waals surface area contributed by atoms with Crippen LogP contribution in [0, 0.1) is 5.92 Å². The number of nitrogens with two attached hydrogens (primary N) is 7. The number of para-hydroxylation sites is 1. The van der Waals surface area contributed by atoms with Crippen LogP contribution in [0.4, 0.5) is 0 Å². The minimum absolute atomic E-state index is 0.0149. The van der Waals surface area contributed by atoms with Crippen molar-refractivity contribution >= 4 is 94.6 Å². The number of carbonyl (C=O) groups excluding carboxylic acids is 8. The number of carboxylic acid groups (broad SMARTS) is 2. The Labute approximate surface area is 437 Å². The van der Waals surface area contributed by atoms with Crippen molar-refractivity contribution in [2.45, 2.75) is 126 Å². The van der Waals surface area contributed by atoms with Crippen LogP contribution in [-0.2, 0) is 54.4 Å². The van der Waals surface area contributed by atoms with Gasteiger partial charge < -0.3 is 92.6 Å². The van der Waals surface area contributed by atoms with Gasteiger partial charge in [-0.25, -0.2) is 4.79 Å². The topological polar surface area (TPSA) is 518 Å². The number of hydrogen-bond acceptors (Lipinski definition) is 15. The summed E-state index contributed by atoms with van der Waals surface area (Å²) < 4.78 is 0. The summed E-state index contributed by atoms with van der Waals surface area (Å²) in [4.78, 5) is 143. The van der Waals surface area contributed by atoms with E-state index >= 15 is 0 Å². The van der Waals surface area contributed by atoms with Crippen molar-refractivity contribution in [2.24, 2.45) is 56.0 Å². The number of amides is 8. The zero-order valence-corrected chi connectivity index (χ0v) is 42.7. The molecule has 75 heavy (non-hydrogen) atoms. The van der Waals surface area contributed by atoms with E-state index in [9.17, 15) is 58.2 Å². The second-order valence-electron chi connectivity index (χ2n) is 17.7. The molecule has 416 valence electrons. The monoisotopic (exact) mass is 1080 g/mol. The van der Waals surface area contributed by atoms with Gasteiger partial charge in [-0.1, -0.05) is 32.0 Å². The van der Waals surface area contributed by atoms with Gasteiger partial charge in [-0.15, -0.1) is 0 Å². The highest BCUT2D eigenvalue weighted by atomic mass is 32.1. The molecule has 1 heterocycles. The molecular formula is C45H73N17O12S. The highest BCUT2D eigenvalue weighted by molar-refractivity contribution is 7.80. The van der Waals surface area contributed by atoms with Gasteiger partial charge in [0.25, 0.3) is 0 Å². The van der Waals surface area contributed by atoms with Crippen molar-refractivity contribution in [3.8, 4) is 0 Å². The number of carbonyl (C=O) groups is 10. The van der Waals surface area contributed by atoms with Gasteiger partial charge in [0, 0.05) is 42.4 Å². The molecule has 0 saturated heterocycles. The predicted octanol–water partition coefficient (Wildman–Crippen LogP) is -5.31. The quantitative estimate of drug-likeness (QED) is 0.0133. The van der Waals surface area contributed by atoms with Crippen molar-refractivity contribution in [3.05, 3.63) is 36.0 Å². The molecule has 29 nitrogen and oxygen atoms in total. The Hall–Kier alpha value is -7.73. The molecule has 1 aromatic heterocycles. The molecule has 8 amide bonds. The third-order valence-corrected chi connectivity index (χ3v) is 11.7. The molecule has 2 aromatic rings. The zero-order chi connectivity index (χ0) is 56.4. The normalized spacial score (nSPS) is 14.2. The van der Waals surface area contributed by atoms with Crippen LogP contribution in [0.1, 0.15) is 77.2 Å². The molecule has 0 aliphatic rings. The summed E-state index contributed by atoms with van der Waals surface area (Å²) in [5.41, 5.74) is 40.0. The average molecular weight is 1080 g/mol. The van der Waals surface area contributed by atoms with Gasteiger partial charge in [0.2, 0.25) is 47.3 Å². The van der Waals surface area contributed by atoms with E-state index in [0.29, 0.717) is 22.9 Å². The van der Waals surface area contributed by atoms with E-state index in [1.807, 2.05) is 0 Å². The Kier molecular flexibility index (Phi) is 27.4. The van der Waals surface area contributed by atoms with E-state index in [-0.39, 0.29) is 88.2 Å². The van der Waals surface area contributed by atoms with Crippen LogP contribution >= 0.6 is 12.6 Å². The number of nitrogens with zero attached hydrogens (tertiary/aromatic N) is 2. The fourth-order valence-electron chi connectivity index (χ4n) is 7.22. The Balaban J connectivity index is 2.53. The first-order valence-corrected chi connectivity index (χ1v) is 24.6. The van der Waals surface area contributed by atoms with Crippen molar-refractivity contribution in [3.63, 3.8) is 0 Å². The van der Waals surface area contributed by atoms with Gasteiger partial charge in [0.05, 0.1) is 18.9 Å². The molecule has 1 aromatic carbocycles. The number of benzene rings is 1. The summed E-state index contributed by atoms with van der Waals surface area (Å²) >= 11 is 4.16. The Morgan fingerprint density at radius 3 is 1.49 bits per heavy atom. The number of aliphatic carboxylic acids is 2. The molecular weight excluding hydrogens is 1000 g/mol. The van der Waals surface area contributed by atoms with E-state index in [1.54, 1.807) is 44.3 Å². The number of fused-ring (bicyclic) bond motifs is 1. The summed E-state index contributed by atoms with van der Waals surface area (Å²) in [6.07, 6.45) is -0.213. The minimum Gasteiger partial charge on any atom is -0.481 e. The molecule has 0 saturated carbocycles. The largest absolute Gasteiger partial charge is 0.481 e. The van der Waals surface area contributed by atoms with Gasteiger partial charge in [-0.05, 0) is 69.0 Å². The standard InChI is InChI=1S/C45H73N17O12S/c1-22(2)35(48)42(72)62-32(21-75)41(71)58-28(13-8-16-54-45(51)52)38(68)60-30(19-34(64)65)40(70)57-27(12-7-15-53-44(49)50)36(66)56-26(11-5-6-14-46)37(67)59-29(39(69)61-31(43(73)74)18-33(47)63)17-23-20-55-25-10-4-3-9-24(23)25/h3-4,9-10,20,22,26-32,35,55,75H,5-8,11-19,21,46,48H2,1-2H3,(H2,47,63)(H,56,66)(H,57,70)(H,58,71)(H,59,67)(H,60,68)(H,61,69)(H,62,72)(H,64,65)(H,73,74)(H4,49,50,53)(H4,51,52,54)/t26-,27-,28-,29-,30-,31-,32-,35-/m0/s1. The van der Waals surface area contributed by atoms with Crippen molar-refractivity contribution in [1.29, 1.82) is 0 Å². The van der Waals surface area contributed by atoms with Gasteiger partial charge in [0.15, 0.2) is 11.9 Å². The Bertz CT molecular complexity index is 2360. The van der Waals surface area contributed by atoms with Crippen LogP contribution in [0.25, 0.3) is 10.9 Å². The van der Waals surface area contributed by atoms with Crippen LogP contribution < -0.4 is 77.4 Å². The number of unbranched alkanes of at least 4 members (excludes halogenated alkanes) is 1. The maximum absolute atomic E-state index is 14.3. The molecule has 8 atom stereocenters. The van der Waals surface area contributed by atoms with Crippen molar-refractivity contribution in [1.82, 2.24) is 42.2 Å². The summed E-state index contributed by atoms with van der Waals surface area (Å²) in [7, 11) is 0. The maximum atomic E-state index is 14.3. The second-order valence-corrected chi connectivity index (χ2v) is 18.1. The van der Waals surface area contributed by atoms with Crippen LogP contribution in [0.2, 0.25) is 0 Å². The summed E-state index contributed by atoms with van der Waals surface area (Å²) in [6.45, 7) is 3.49. The molecule has 0 aliphatic heterocycles. The predicted molar refractivity (Wildman–Crippen MR) is 279 cm³/mol. The molecule has 24 N–H and O–H groups in total. The number of hydrogen-bond donors (Lipinski definition) is 18. The van der Waals surface area contributed by atoms with Gasteiger partial charge in [-0.2, -0.15) is 12.6 Å². The fourth-order valence-corrected chi connectivity index (χ4v) is 7.48. The summed E-state index contributed by atoms with van der Waals surface area (Å²) in [5.74, 6) is -12.0. The first-order valence-electron chi connectivity index (χ1n) is 24.0. The number of thiol groups is 1. The second kappa shape index (κ2) is 32.5. The number of aromatic nitrogens is 1. The Morgan fingerprint density at radius 1 is 0.587 bits per heavy atom. The highest BCUT2D eigenvalue weighted by Crippen LogP contribution is 2.20. The van der Waals surface area contributed by atoms with E-state index in [2.05, 4.69) is 64.8 Å². The highest BCUT2D eigenvalue weighted by Gasteiger charge is 2.35. The molecule has 0 radical (unpaired) electrons. The molecule has 0 aliphatic carbocycles. The number of primary amides is 1. The smallest absolute Gasteiger partial charge is 0.326 e. The fraction of sp³-hybridized carbons (Fsp3) is 0.556. The van der Waals surface area contributed by atoms with Crippen LogP contribution in [0.15, 0.2) is 40.4 Å². The molecule has 0 fully saturated rings. The van der Waals surface area contributed by atoms with Crippen LogP contribution in [-0.4, -0.2) is 160 Å².